The van der Waals surface area contributed by atoms with Gasteiger partial charge in [-0.2, -0.15) is 0 Å². The molecule has 0 amide bonds. The predicted octanol–water partition coefficient (Wildman–Crippen LogP) is 0.839. The van der Waals surface area contributed by atoms with Crippen LogP contribution in [0.15, 0.2) is 5.51 Å². The maximum Gasteiger partial charge on any atom is 0.323 e. The van der Waals surface area contributed by atoms with Gasteiger partial charge in [0.1, 0.15) is 12.1 Å². The first kappa shape index (κ1) is 9.91. The number of carboxylic acids is 1. The zero-order valence-electron chi connectivity index (χ0n) is 7.30. The van der Waals surface area contributed by atoms with Gasteiger partial charge in [0.25, 0.3) is 0 Å². The Kier molecular flexibility index (Phi) is 3.63. The Morgan fingerprint density at radius 1 is 1.77 bits per heavy atom. The first-order valence-electron chi connectivity index (χ1n) is 3.97. The van der Waals surface area contributed by atoms with Gasteiger partial charge in [-0.05, 0) is 6.42 Å². The minimum atomic E-state index is -0.844. The molecule has 1 heterocycles. The Bertz CT molecular complexity index is 263. The van der Waals surface area contributed by atoms with Crippen molar-refractivity contribution < 1.29 is 9.90 Å². The molecule has 1 N–H and O–H groups in total. The van der Waals surface area contributed by atoms with E-state index >= 15 is 0 Å². The van der Waals surface area contributed by atoms with Crippen molar-refractivity contribution in [3.8, 4) is 0 Å². The van der Waals surface area contributed by atoms with E-state index in [2.05, 4.69) is 10.2 Å². The Morgan fingerprint density at radius 2 is 2.54 bits per heavy atom. The van der Waals surface area contributed by atoms with Crippen molar-refractivity contribution in [3.63, 3.8) is 0 Å². The highest BCUT2D eigenvalue weighted by atomic mass is 32.1. The number of aliphatic carboxylic acids is 1. The minimum absolute atomic E-state index is 0.0109. The molecule has 0 aromatic carbocycles. The molecule has 0 unspecified atom stereocenters. The average molecular weight is 201 g/mol. The van der Waals surface area contributed by atoms with Gasteiger partial charge < -0.3 is 10.0 Å². The molecule has 6 heteroatoms. The van der Waals surface area contributed by atoms with Gasteiger partial charge in [0.05, 0.1) is 0 Å². The molecule has 0 radical (unpaired) electrons. The van der Waals surface area contributed by atoms with Crippen LogP contribution in [0.5, 0.6) is 0 Å². The van der Waals surface area contributed by atoms with Gasteiger partial charge in [-0.1, -0.05) is 18.3 Å². The van der Waals surface area contributed by atoms with Crippen LogP contribution < -0.4 is 4.90 Å². The normalized spacial score (nSPS) is 9.92. The highest BCUT2D eigenvalue weighted by Gasteiger charge is 2.11. The fourth-order valence-electron chi connectivity index (χ4n) is 0.981. The van der Waals surface area contributed by atoms with E-state index in [1.807, 2.05) is 6.92 Å². The van der Waals surface area contributed by atoms with Crippen molar-refractivity contribution in [2.75, 3.05) is 18.0 Å². The number of nitrogens with zero attached hydrogens (tertiary/aromatic N) is 3. The van der Waals surface area contributed by atoms with Crippen molar-refractivity contribution in [1.82, 2.24) is 10.2 Å². The average Bonchev–Trinajstić information content (AvgIpc) is 2.54. The van der Waals surface area contributed by atoms with Gasteiger partial charge in [0.2, 0.25) is 5.13 Å². The Labute approximate surface area is 80.0 Å². The van der Waals surface area contributed by atoms with Crippen LogP contribution in [-0.4, -0.2) is 34.4 Å². The van der Waals surface area contributed by atoms with Gasteiger partial charge in [-0.15, -0.1) is 10.2 Å². The zero-order chi connectivity index (χ0) is 9.68. The van der Waals surface area contributed by atoms with Crippen molar-refractivity contribution >= 4 is 22.4 Å². The fraction of sp³-hybridized carbons (Fsp3) is 0.571. The van der Waals surface area contributed by atoms with Crippen molar-refractivity contribution in [1.29, 1.82) is 0 Å². The molecule has 0 atom stereocenters. The van der Waals surface area contributed by atoms with E-state index in [1.54, 1.807) is 10.4 Å². The Balaban J connectivity index is 2.62. The predicted molar refractivity (Wildman–Crippen MR) is 50.0 cm³/mol. The largest absolute Gasteiger partial charge is 0.480 e. The van der Waals surface area contributed by atoms with Gasteiger partial charge in [-0.25, -0.2) is 0 Å². The van der Waals surface area contributed by atoms with E-state index in [9.17, 15) is 4.79 Å². The molecule has 0 spiro atoms. The fourth-order valence-corrected chi connectivity index (χ4v) is 1.57. The van der Waals surface area contributed by atoms with Crippen molar-refractivity contribution in [3.05, 3.63) is 5.51 Å². The molecule has 1 rings (SSSR count). The van der Waals surface area contributed by atoms with E-state index in [-0.39, 0.29) is 6.54 Å². The number of carbonyl (C=O) groups is 1. The van der Waals surface area contributed by atoms with Crippen LogP contribution in [0.1, 0.15) is 13.3 Å². The molecular weight excluding hydrogens is 190 g/mol. The molecule has 0 aliphatic heterocycles. The smallest absolute Gasteiger partial charge is 0.323 e. The quantitative estimate of drug-likeness (QED) is 0.764. The highest BCUT2D eigenvalue weighted by molar-refractivity contribution is 7.13. The molecular formula is C7H11N3O2S. The summed E-state index contributed by atoms with van der Waals surface area (Å²) in [6.07, 6.45) is 0.896. The van der Waals surface area contributed by atoms with Crippen LogP contribution in [-0.2, 0) is 4.79 Å². The van der Waals surface area contributed by atoms with Crippen molar-refractivity contribution in [2.45, 2.75) is 13.3 Å². The van der Waals surface area contributed by atoms with Gasteiger partial charge >= 0.3 is 5.97 Å². The van der Waals surface area contributed by atoms with Crippen LogP contribution in [0.4, 0.5) is 5.13 Å². The van der Waals surface area contributed by atoms with Gasteiger partial charge in [0.15, 0.2) is 0 Å². The summed E-state index contributed by atoms with van der Waals surface area (Å²) in [6, 6.07) is 0. The second-order valence-corrected chi connectivity index (χ2v) is 3.35. The summed E-state index contributed by atoms with van der Waals surface area (Å²) in [5.41, 5.74) is 1.60. The third kappa shape index (κ3) is 2.98. The Hall–Kier alpha value is -1.17. The highest BCUT2D eigenvalue weighted by Crippen LogP contribution is 2.15. The molecule has 0 bridgehead atoms. The maximum atomic E-state index is 10.5. The molecule has 72 valence electrons. The number of anilines is 1. The van der Waals surface area contributed by atoms with Crippen LogP contribution in [0.3, 0.4) is 0 Å². The second kappa shape index (κ2) is 4.76. The van der Waals surface area contributed by atoms with Crippen molar-refractivity contribution in [2.24, 2.45) is 0 Å². The number of carboxylic acid groups (broad SMARTS) is 1. The standard InChI is InChI=1S/C7H11N3O2S/c1-2-3-10(4-6(11)12)7-9-8-5-13-7/h5H,2-4H2,1H3,(H,11,12). The first-order chi connectivity index (χ1) is 6.24. The van der Waals surface area contributed by atoms with Gasteiger partial charge in [0, 0.05) is 6.54 Å². The molecule has 0 saturated carbocycles. The van der Waals surface area contributed by atoms with E-state index in [0.29, 0.717) is 11.7 Å². The summed E-state index contributed by atoms with van der Waals surface area (Å²) >= 11 is 1.35. The number of aromatic nitrogens is 2. The number of rotatable bonds is 5. The minimum Gasteiger partial charge on any atom is -0.480 e. The van der Waals surface area contributed by atoms with E-state index < -0.39 is 5.97 Å². The summed E-state index contributed by atoms with van der Waals surface area (Å²) < 4.78 is 0. The molecule has 0 aliphatic carbocycles. The lowest BCUT2D eigenvalue weighted by Crippen LogP contribution is -2.30. The topological polar surface area (TPSA) is 66.3 Å². The second-order valence-electron chi connectivity index (χ2n) is 2.54. The molecule has 0 saturated heterocycles. The summed E-state index contributed by atoms with van der Waals surface area (Å²) in [5, 5.41) is 16.8. The van der Waals surface area contributed by atoms with E-state index in [1.165, 1.54) is 11.3 Å². The lowest BCUT2D eigenvalue weighted by atomic mass is 10.4. The molecule has 1 aromatic heterocycles. The number of hydrogen-bond donors (Lipinski definition) is 1. The summed E-state index contributed by atoms with van der Waals surface area (Å²) in [5.74, 6) is -0.844. The molecule has 0 aliphatic rings. The SMILES string of the molecule is CCCN(CC(=O)O)c1nncs1. The molecule has 13 heavy (non-hydrogen) atoms. The molecule has 1 aromatic rings. The zero-order valence-corrected chi connectivity index (χ0v) is 8.12. The lowest BCUT2D eigenvalue weighted by Gasteiger charge is -2.17. The molecule has 5 nitrogen and oxygen atoms in total. The van der Waals surface area contributed by atoms with Crippen LogP contribution in [0.25, 0.3) is 0 Å². The van der Waals surface area contributed by atoms with Gasteiger partial charge in [-0.3, -0.25) is 4.79 Å². The monoisotopic (exact) mass is 201 g/mol. The van der Waals surface area contributed by atoms with Crippen LogP contribution >= 0.6 is 11.3 Å². The summed E-state index contributed by atoms with van der Waals surface area (Å²) in [6.45, 7) is 2.68. The third-order valence-corrected chi connectivity index (χ3v) is 2.19. The first-order valence-corrected chi connectivity index (χ1v) is 4.85. The number of hydrogen-bond acceptors (Lipinski definition) is 5. The van der Waals surface area contributed by atoms with Crippen LogP contribution in [0, 0.1) is 0 Å². The third-order valence-electron chi connectivity index (χ3n) is 1.44. The summed E-state index contributed by atoms with van der Waals surface area (Å²) in [4.78, 5) is 12.2. The summed E-state index contributed by atoms with van der Waals surface area (Å²) in [7, 11) is 0. The lowest BCUT2D eigenvalue weighted by molar-refractivity contribution is -0.135. The van der Waals surface area contributed by atoms with Crippen LogP contribution in [0.2, 0.25) is 0 Å². The van der Waals surface area contributed by atoms with E-state index in [0.717, 1.165) is 6.42 Å². The Morgan fingerprint density at radius 3 is 3.00 bits per heavy atom. The maximum absolute atomic E-state index is 10.5. The van der Waals surface area contributed by atoms with E-state index in [4.69, 9.17) is 5.11 Å². The molecule has 0 fully saturated rings.